The van der Waals surface area contributed by atoms with Crippen molar-refractivity contribution in [2.75, 3.05) is 19.7 Å². The summed E-state index contributed by atoms with van der Waals surface area (Å²) in [6, 6.07) is 21.6. The number of benzene rings is 2. The van der Waals surface area contributed by atoms with E-state index in [1.165, 1.54) is 16.8 Å². The van der Waals surface area contributed by atoms with E-state index in [9.17, 15) is 0 Å². The monoisotopic (exact) mass is 375 g/mol. The zero-order chi connectivity index (χ0) is 19.3. The quantitative estimate of drug-likeness (QED) is 0.648. The number of aryl methyl sites for hydroxylation is 1. The van der Waals surface area contributed by atoms with Crippen molar-refractivity contribution in [2.24, 2.45) is 7.05 Å². The highest BCUT2D eigenvalue weighted by Gasteiger charge is 2.26. The molecule has 4 nitrogen and oxygen atoms in total. The van der Waals surface area contributed by atoms with Crippen molar-refractivity contribution in [3.8, 4) is 0 Å². The van der Waals surface area contributed by atoms with Crippen molar-refractivity contribution in [3.63, 3.8) is 0 Å². The van der Waals surface area contributed by atoms with Crippen molar-refractivity contribution >= 4 is 0 Å². The summed E-state index contributed by atoms with van der Waals surface area (Å²) in [5, 5.41) is 0. The normalized spacial score (nSPS) is 17.9. The molecule has 2 aromatic carbocycles. The lowest BCUT2D eigenvalue weighted by Gasteiger charge is -2.35. The van der Waals surface area contributed by atoms with Crippen molar-refractivity contribution in [3.05, 3.63) is 89.5 Å². The molecule has 0 unspecified atom stereocenters. The topological polar surface area (TPSA) is 30.3 Å². The molecule has 1 aliphatic heterocycles. The molecule has 1 saturated heterocycles. The highest BCUT2D eigenvalue weighted by molar-refractivity contribution is 5.32. The minimum atomic E-state index is 0.230. The fourth-order valence-corrected chi connectivity index (χ4v) is 4.09. The predicted molar refractivity (Wildman–Crippen MR) is 112 cm³/mol. The number of hydrogen-bond donors (Lipinski definition) is 0. The summed E-state index contributed by atoms with van der Waals surface area (Å²) in [4.78, 5) is 6.93. The molecule has 1 aromatic heterocycles. The van der Waals surface area contributed by atoms with Crippen LogP contribution in [-0.4, -0.2) is 40.3 Å². The minimum Gasteiger partial charge on any atom is -0.376 e. The van der Waals surface area contributed by atoms with E-state index in [1.807, 2.05) is 6.20 Å². The molecular formula is C24H29N3O. The first kappa shape index (κ1) is 18.9. The molecular weight excluding hydrogens is 346 g/mol. The van der Waals surface area contributed by atoms with Crippen LogP contribution < -0.4 is 0 Å². The van der Waals surface area contributed by atoms with Gasteiger partial charge < -0.3 is 9.30 Å². The van der Waals surface area contributed by atoms with Gasteiger partial charge in [0.15, 0.2) is 0 Å². The molecule has 3 aromatic rings. The molecule has 146 valence electrons. The maximum Gasteiger partial charge on any atom is 0.105 e. The average Bonchev–Trinajstić information content (AvgIpc) is 3.06. The summed E-state index contributed by atoms with van der Waals surface area (Å²) in [7, 11) is 2.09. The summed E-state index contributed by atoms with van der Waals surface area (Å²) in [6.07, 6.45) is 3.22. The molecule has 0 radical (unpaired) electrons. The number of hydrogen-bond acceptors (Lipinski definition) is 3. The molecule has 0 spiro atoms. The van der Waals surface area contributed by atoms with Crippen LogP contribution in [0.2, 0.25) is 0 Å². The van der Waals surface area contributed by atoms with Gasteiger partial charge in [0.2, 0.25) is 0 Å². The van der Waals surface area contributed by atoms with Gasteiger partial charge in [-0.05, 0) is 24.5 Å². The second-order valence-electron chi connectivity index (χ2n) is 7.69. The summed E-state index contributed by atoms with van der Waals surface area (Å²) in [6.45, 7) is 5.70. The Hall–Kier alpha value is -2.43. The van der Waals surface area contributed by atoms with Crippen molar-refractivity contribution in [2.45, 2.75) is 31.9 Å². The standard InChI is InChI=1S/C24H29N3O/c1-19-25-16-22(26(19)2)17-27-13-14-28-23(18-27)15-24(20-9-5-3-6-10-20)21-11-7-4-8-12-21/h3-12,16,23-24H,13-15,17-18H2,1-2H3/t23-/m1/s1. The Kier molecular flexibility index (Phi) is 5.89. The summed E-state index contributed by atoms with van der Waals surface area (Å²) < 4.78 is 8.37. The third kappa shape index (κ3) is 4.34. The Morgan fingerprint density at radius 1 is 1.04 bits per heavy atom. The van der Waals surface area contributed by atoms with Crippen LogP contribution in [0.3, 0.4) is 0 Å². The maximum absolute atomic E-state index is 6.19. The molecule has 28 heavy (non-hydrogen) atoms. The maximum atomic E-state index is 6.19. The second-order valence-corrected chi connectivity index (χ2v) is 7.69. The lowest BCUT2D eigenvalue weighted by atomic mass is 9.86. The smallest absolute Gasteiger partial charge is 0.105 e. The van der Waals surface area contributed by atoms with Gasteiger partial charge in [-0.1, -0.05) is 60.7 Å². The van der Waals surface area contributed by atoms with Gasteiger partial charge in [-0.2, -0.15) is 0 Å². The zero-order valence-corrected chi connectivity index (χ0v) is 16.8. The highest BCUT2D eigenvalue weighted by Crippen LogP contribution is 2.31. The lowest BCUT2D eigenvalue weighted by molar-refractivity contribution is -0.0370. The van der Waals surface area contributed by atoms with E-state index in [4.69, 9.17) is 4.74 Å². The molecule has 0 bridgehead atoms. The van der Waals surface area contributed by atoms with E-state index >= 15 is 0 Å². The van der Waals surface area contributed by atoms with Gasteiger partial charge in [0.25, 0.3) is 0 Å². The first-order valence-electron chi connectivity index (χ1n) is 10.1. The van der Waals surface area contributed by atoms with Crippen LogP contribution in [0.25, 0.3) is 0 Å². The number of morpholine rings is 1. The molecule has 0 amide bonds. The van der Waals surface area contributed by atoms with Crippen LogP contribution in [0.4, 0.5) is 0 Å². The fraction of sp³-hybridized carbons (Fsp3) is 0.375. The van der Waals surface area contributed by atoms with Gasteiger partial charge >= 0.3 is 0 Å². The van der Waals surface area contributed by atoms with Crippen LogP contribution >= 0.6 is 0 Å². The van der Waals surface area contributed by atoms with Crippen LogP contribution in [0.5, 0.6) is 0 Å². The van der Waals surface area contributed by atoms with Crippen molar-refractivity contribution in [1.82, 2.24) is 14.5 Å². The fourth-order valence-electron chi connectivity index (χ4n) is 4.09. The SMILES string of the molecule is Cc1ncc(CN2CCO[C@H](CC(c3ccccc3)c3ccccc3)C2)n1C. The van der Waals surface area contributed by atoms with Gasteiger partial charge in [0.05, 0.1) is 18.4 Å². The molecule has 1 aliphatic rings. The third-order valence-corrected chi connectivity index (χ3v) is 5.83. The first-order valence-corrected chi connectivity index (χ1v) is 10.1. The Labute approximate surface area is 167 Å². The third-order valence-electron chi connectivity index (χ3n) is 5.83. The van der Waals surface area contributed by atoms with Gasteiger partial charge in [0.1, 0.15) is 5.82 Å². The second kappa shape index (κ2) is 8.72. The first-order chi connectivity index (χ1) is 13.7. The van der Waals surface area contributed by atoms with Gasteiger partial charge in [0, 0.05) is 38.8 Å². The van der Waals surface area contributed by atoms with E-state index < -0.39 is 0 Å². The van der Waals surface area contributed by atoms with E-state index in [0.29, 0.717) is 5.92 Å². The van der Waals surface area contributed by atoms with Crippen molar-refractivity contribution in [1.29, 1.82) is 0 Å². The zero-order valence-electron chi connectivity index (χ0n) is 16.8. The number of imidazole rings is 1. The molecule has 2 heterocycles. The largest absolute Gasteiger partial charge is 0.376 e. The Balaban J connectivity index is 1.48. The van der Waals surface area contributed by atoms with E-state index in [0.717, 1.165) is 38.5 Å². The van der Waals surface area contributed by atoms with Gasteiger partial charge in [-0.25, -0.2) is 4.98 Å². The number of nitrogens with zero attached hydrogens (tertiary/aromatic N) is 3. The summed E-state index contributed by atoms with van der Waals surface area (Å²) in [5.74, 6) is 1.42. The van der Waals surface area contributed by atoms with Crippen molar-refractivity contribution < 1.29 is 4.74 Å². The minimum absolute atomic E-state index is 0.230. The van der Waals surface area contributed by atoms with Gasteiger partial charge in [-0.3, -0.25) is 4.90 Å². The average molecular weight is 376 g/mol. The van der Waals surface area contributed by atoms with E-state index in [1.54, 1.807) is 0 Å². The lowest BCUT2D eigenvalue weighted by Crippen LogP contribution is -2.42. The highest BCUT2D eigenvalue weighted by atomic mass is 16.5. The number of aromatic nitrogens is 2. The van der Waals surface area contributed by atoms with Gasteiger partial charge in [-0.15, -0.1) is 0 Å². The molecule has 0 N–H and O–H groups in total. The molecule has 0 saturated carbocycles. The summed E-state index contributed by atoms with van der Waals surface area (Å²) >= 11 is 0. The van der Waals surface area contributed by atoms with Crippen LogP contribution in [0.15, 0.2) is 66.9 Å². The number of rotatable bonds is 6. The molecule has 4 heteroatoms. The van der Waals surface area contributed by atoms with E-state index in [-0.39, 0.29) is 6.10 Å². The summed E-state index contributed by atoms with van der Waals surface area (Å²) in [5.41, 5.74) is 3.98. The Morgan fingerprint density at radius 3 is 2.25 bits per heavy atom. The molecule has 0 aliphatic carbocycles. The number of ether oxygens (including phenoxy) is 1. The Bertz CT molecular complexity index is 836. The van der Waals surface area contributed by atoms with Crippen LogP contribution in [0, 0.1) is 6.92 Å². The predicted octanol–water partition coefficient (Wildman–Crippen LogP) is 4.15. The van der Waals surface area contributed by atoms with E-state index in [2.05, 4.69) is 89.1 Å². The Morgan fingerprint density at radius 2 is 1.68 bits per heavy atom. The van der Waals surface area contributed by atoms with Crippen LogP contribution in [-0.2, 0) is 18.3 Å². The molecule has 4 rings (SSSR count). The molecule has 1 fully saturated rings. The van der Waals surface area contributed by atoms with Crippen LogP contribution in [0.1, 0.15) is 35.0 Å². The molecule has 1 atom stereocenters.